The maximum absolute atomic E-state index is 11.6. The topological polar surface area (TPSA) is 0 Å². The SMILES string of the molecule is C/C=C\C(C)=C/CC(F)(F)F. The van der Waals surface area contributed by atoms with Gasteiger partial charge in [-0.05, 0) is 13.8 Å². The van der Waals surface area contributed by atoms with Gasteiger partial charge in [0.25, 0.3) is 0 Å². The van der Waals surface area contributed by atoms with Crippen LogP contribution in [0, 0.1) is 0 Å². The summed E-state index contributed by atoms with van der Waals surface area (Å²) in [6.45, 7) is 3.41. The lowest BCUT2D eigenvalue weighted by Crippen LogP contribution is -2.04. The molecule has 0 bridgehead atoms. The van der Waals surface area contributed by atoms with Gasteiger partial charge in [0.15, 0.2) is 0 Å². The van der Waals surface area contributed by atoms with E-state index < -0.39 is 12.6 Å². The third kappa shape index (κ3) is 7.16. The molecule has 0 aliphatic rings. The smallest absolute Gasteiger partial charge is 0.171 e. The van der Waals surface area contributed by atoms with E-state index >= 15 is 0 Å². The molecule has 0 nitrogen and oxygen atoms in total. The zero-order chi connectivity index (χ0) is 8.91. The van der Waals surface area contributed by atoms with Crippen LogP contribution in [-0.4, -0.2) is 6.18 Å². The van der Waals surface area contributed by atoms with E-state index in [-0.39, 0.29) is 0 Å². The lowest BCUT2D eigenvalue weighted by atomic mass is 10.2. The highest BCUT2D eigenvalue weighted by Gasteiger charge is 2.24. The quantitative estimate of drug-likeness (QED) is 0.548. The first-order valence-electron chi connectivity index (χ1n) is 3.32. The number of hydrogen-bond acceptors (Lipinski definition) is 0. The van der Waals surface area contributed by atoms with E-state index in [9.17, 15) is 13.2 Å². The third-order valence-corrected chi connectivity index (χ3v) is 1.09. The Morgan fingerprint density at radius 3 is 2.27 bits per heavy atom. The normalized spacial score (nSPS) is 14.5. The first-order chi connectivity index (χ1) is 4.95. The summed E-state index contributed by atoms with van der Waals surface area (Å²) >= 11 is 0. The molecule has 0 amide bonds. The van der Waals surface area contributed by atoms with Crippen LogP contribution in [0.5, 0.6) is 0 Å². The molecule has 0 fully saturated rings. The average molecular weight is 164 g/mol. The Kier molecular flexibility index (Phi) is 3.93. The van der Waals surface area contributed by atoms with Crippen LogP contribution in [0.4, 0.5) is 13.2 Å². The highest BCUT2D eigenvalue weighted by Crippen LogP contribution is 2.20. The van der Waals surface area contributed by atoms with Gasteiger partial charge in [0, 0.05) is 0 Å². The van der Waals surface area contributed by atoms with Crippen LogP contribution in [0.25, 0.3) is 0 Å². The Bertz CT molecular complexity index is 163. The minimum absolute atomic E-state index is 0.643. The molecule has 0 N–H and O–H groups in total. The van der Waals surface area contributed by atoms with Crippen LogP contribution in [0.1, 0.15) is 20.3 Å². The Labute approximate surface area is 64.4 Å². The van der Waals surface area contributed by atoms with Gasteiger partial charge in [0.1, 0.15) is 0 Å². The highest BCUT2D eigenvalue weighted by atomic mass is 19.4. The fraction of sp³-hybridized carbons (Fsp3) is 0.500. The van der Waals surface area contributed by atoms with Crippen molar-refractivity contribution in [3.63, 3.8) is 0 Å². The molecule has 0 saturated carbocycles. The molecule has 0 aromatic rings. The number of hydrogen-bond donors (Lipinski definition) is 0. The van der Waals surface area contributed by atoms with E-state index in [1.165, 1.54) is 6.08 Å². The van der Waals surface area contributed by atoms with Crippen molar-refractivity contribution < 1.29 is 13.2 Å². The van der Waals surface area contributed by atoms with Crippen LogP contribution in [-0.2, 0) is 0 Å². The number of rotatable bonds is 2. The molecule has 0 atom stereocenters. The summed E-state index contributed by atoms with van der Waals surface area (Å²) in [7, 11) is 0. The van der Waals surface area contributed by atoms with Crippen molar-refractivity contribution >= 4 is 0 Å². The zero-order valence-corrected chi connectivity index (χ0v) is 6.57. The second-order valence-electron chi connectivity index (χ2n) is 2.27. The first kappa shape index (κ1) is 10.3. The molecule has 0 aromatic heterocycles. The molecule has 11 heavy (non-hydrogen) atoms. The summed E-state index contributed by atoms with van der Waals surface area (Å²) in [5.41, 5.74) is 0.643. The molecule has 3 heteroatoms. The van der Waals surface area contributed by atoms with Crippen molar-refractivity contribution in [3.8, 4) is 0 Å². The molecule has 0 heterocycles. The Morgan fingerprint density at radius 1 is 1.36 bits per heavy atom. The summed E-state index contributed by atoms with van der Waals surface area (Å²) < 4.78 is 34.8. The monoisotopic (exact) mass is 164 g/mol. The molecule has 64 valence electrons. The van der Waals surface area contributed by atoms with Crippen molar-refractivity contribution in [1.82, 2.24) is 0 Å². The van der Waals surface area contributed by atoms with Crippen molar-refractivity contribution in [2.75, 3.05) is 0 Å². The molecule has 0 saturated heterocycles. The molecule has 0 aliphatic carbocycles. The Morgan fingerprint density at radius 2 is 1.91 bits per heavy atom. The second-order valence-corrected chi connectivity index (χ2v) is 2.27. The Balaban J connectivity index is 3.93. The molecule has 0 aromatic carbocycles. The van der Waals surface area contributed by atoms with Gasteiger partial charge in [-0.2, -0.15) is 13.2 Å². The van der Waals surface area contributed by atoms with Gasteiger partial charge in [-0.15, -0.1) is 0 Å². The van der Waals surface area contributed by atoms with E-state index in [0.29, 0.717) is 5.57 Å². The van der Waals surface area contributed by atoms with Crippen molar-refractivity contribution in [2.45, 2.75) is 26.4 Å². The van der Waals surface area contributed by atoms with Gasteiger partial charge in [-0.3, -0.25) is 0 Å². The van der Waals surface area contributed by atoms with E-state index in [1.807, 2.05) is 0 Å². The summed E-state index contributed by atoms with van der Waals surface area (Å²) in [6.07, 6.45) is -0.403. The fourth-order valence-electron chi connectivity index (χ4n) is 0.608. The second kappa shape index (κ2) is 4.21. The van der Waals surface area contributed by atoms with E-state index in [0.717, 1.165) is 0 Å². The summed E-state index contributed by atoms with van der Waals surface area (Å²) in [5.74, 6) is 0. The van der Waals surface area contributed by atoms with Crippen molar-refractivity contribution in [3.05, 3.63) is 23.8 Å². The van der Waals surface area contributed by atoms with Crippen LogP contribution in [0.3, 0.4) is 0 Å². The molecule has 0 radical (unpaired) electrons. The lowest BCUT2D eigenvalue weighted by molar-refractivity contribution is -0.125. The average Bonchev–Trinajstić information content (AvgIpc) is 1.83. The number of allylic oxidation sites excluding steroid dienone is 4. The van der Waals surface area contributed by atoms with E-state index in [4.69, 9.17) is 0 Å². The Hall–Kier alpha value is -0.730. The van der Waals surface area contributed by atoms with Crippen LogP contribution < -0.4 is 0 Å². The largest absolute Gasteiger partial charge is 0.392 e. The van der Waals surface area contributed by atoms with Gasteiger partial charge in [0.05, 0.1) is 6.42 Å². The summed E-state index contributed by atoms with van der Waals surface area (Å²) in [4.78, 5) is 0. The molecule has 0 unspecified atom stereocenters. The highest BCUT2D eigenvalue weighted by molar-refractivity contribution is 5.15. The maximum Gasteiger partial charge on any atom is 0.392 e. The zero-order valence-electron chi connectivity index (χ0n) is 6.57. The number of halogens is 3. The van der Waals surface area contributed by atoms with Crippen molar-refractivity contribution in [1.29, 1.82) is 0 Å². The van der Waals surface area contributed by atoms with Crippen LogP contribution >= 0.6 is 0 Å². The first-order valence-corrected chi connectivity index (χ1v) is 3.32. The third-order valence-electron chi connectivity index (χ3n) is 1.09. The minimum atomic E-state index is -4.08. The molecule has 0 rings (SSSR count). The molecule has 0 aliphatic heterocycles. The lowest BCUT2D eigenvalue weighted by Gasteiger charge is -2.00. The van der Waals surface area contributed by atoms with Crippen molar-refractivity contribution in [2.24, 2.45) is 0 Å². The van der Waals surface area contributed by atoms with Crippen LogP contribution in [0.2, 0.25) is 0 Å². The van der Waals surface area contributed by atoms with Gasteiger partial charge in [-0.1, -0.05) is 23.8 Å². The fourth-order valence-corrected chi connectivity index (χ4v) is 0.608. The standard InChI is InChI=1S/C8H11F3/c1-3-4-7(2)5-6-8(9,10)11/h3-5H,6H2,1-2H3/b4-3-,7-5-. The molecular formula is C8H11F3. The van der Waals surface area contributed by atoms with Gasteiger partial charge < -0.3 is 0 Å². The van der Waals surface area contributed by atoms with Gasteiger partial charge in [0.2, 0.25) is 0 Å². The van der Waals surface area contributed by atoms with E-state index in [1.54, 1.807) is 26.0 Å². The van der Waals surface area contributed by atoms with Crippen LogP contribution in [0.15, 0.2) is 23.8 Å². The van der Waals surface area contributed by atoms with Gasteiger partial charge >= 0.3 is 6.18 Å². The molecular weight excluding hydrogens is 153 g/mol. The summed E-state index contributed by atoms with van der Waals surface area (Å²) in [5, 5.41) is 0. The predicted octanol–water partition coefficient (Wildman–Crippen LogP) is 3.46. The van der Waals surface area contributed by atoms with E-state index in [2.05, 4.69) is 0 Å². The summed E-state index contributed by atoms with van der Waals surface area (Å²) in [6, 6.07) is 0. The maximum atomic E-state index is 11.6. The number of alkyl halides is 3. The predicted molar refractivity (Wildman–Crippen MR) is 39.2 cm³/mol. The molecule has 0 spiro atoms. The minimum Gasteiger partial charge on any atom is -0.171 e. The van der Waals surface area contributed by atoms with Gasteiger partial charge in [-0.25, -0.2) is 0 Å².